The van der Waals surface area contributed by atoms with E-state index in [9.17, 15) is 0 Å². The minimum atomic E-state index is 0.261. The average molecular weight is 310 g/mol. The summed E-state index contributed by atoms with van der Waals surface area (Å²) in [5.74, 6) is 1.24. The predicted octanol–water partition coefficient (Wildman–Crippen LogP) is 1.22. The van der Waals surface area contributed by atoms with E-state index in [4.69, 9.17) is 20.1 Å². The number of hydrogen-bond acceptors (Lipinski definition) is 7. The molecule has 0 atom stereocenters. The van der Waals surface area contributed by atoms with Gasteiger partial charge in [-0.1, -0.05) is 11.3 Å². The first-order chi connectivity index (χ1) is 11.3. The molecule has 2 aromatic heterocycles. The number of oxazole rings is 1. The van der Waals surface area contributed by atoms with Crippen molar-refractivity contribution in [2.24, 2.45) is 5.73 Å². The van der Waals surface area contributed by atoms with Crippen LogP contribution in [-0.4, -0.2) is 20.0 Å². The molecule has 3 rings (SSSR count). The van der Waals surface area contributed by atoms with Crippen LogP contribution >= 0.6 is 0 Å². The van der Waals surface area contributed by atoms with Gasteiger partial charge in [-0.2, -0.15) is 5.26 Å². The summed E-state index contributed by atoms with van der Waals surface area (Å²) in [5.41, 5.74) is 7.52. The standard InChI is InChI=1S/C15H14N6O2/c16-5-11-2-1-3-13(4-11)22-9-12-7-21(20-19-12)8-14-15(6-17)23-10-18-14/h1-4,7,10H,6,8-9,17H2. The highest BCUT2D eigenvalue weighted by atomic mass is 16.5. The summed E-state index contributed by atoms with van der Waals surface area (Å²) in [6.07, 6.45) is 3.13. The first-order valence-corrected chi connectivity index (χ1v) is 6.92. The third-order valence-electron chi connectivity index (χ3n) is 3.16. The summed E-state index contributed by atoms with van der Waals surface area (Å²) in [6.45, 7) is 0.979. The monoisotopic (exact) mass is 310 g/mol. The van der Waals surface area contributed by atoms with Gasteiger partial charge in [0.2, 0.25) is 0 Å². The van der Waals surface area contributed by atoms with Crippen LogP contribution in [0.3, 0.4) is 0 Å². The first-order valence-electron chi connectivity index (χ1n) is 6.92. The van der Waals surface area contributed by atoms with Crippen molar-refractivity contribution in [3.8, 4) is 11.8 Å². The second kappa shape index (κ2) is 6.72. The van der Waals surface area contributed by atoms with Crippen LogP contribution in [0, 0.1) is 11.3 Å². The van der Waals surface area contributed by atoms with Gasteiger partial charge in [0.05, 0.1) is 30.9 Å². The molecule has 0 amide bonds. The van der Waals surface area contributed by atoms with E-state index >= 15 is 0 Å². The molecule has 0 aliphatic rings. The molecular formula is C15H14N6O2. The smallest absolute Gasteiger partial charge is 0.181 e. The minimum absolute atomic E-state index is 0.261. The summed E-state index contributed by atoms with van der Waals surface area (Å²) in [4.78, 5) is 4.11. The van der Waals surface area contributed by atoms with Crippen molar-refractivity contribution in [3.05, 3.63) is 59.6 Å². The van der Waals surface area contributed by atoms with Gasteiger partial charge >= 0.3 is 0 Å². The molecule has 2 N–H and O–H groups in total. The minimum Gasteiger partial charge on any atom is -0.487 e. The molecular weight excluding hydrogens is 296 g/mol. The second-order valence-electron chi connectivity index (χ2n) is 4.76. The van der Waals surface area contributed by atoms with Gasteiger partial charge in [0.15, 0.2) is 6.39 Å². The van der Waals surface area contributed by atoms with Crippen LogP contribution in [0.25, 0.3) is 0 Å². The first kappa shape index (κ1) is 14.7. The summed E-state index contributed by atoms with van der Waals surface area (Å²) < 4.78 is 12.4. The Morgan fingerprint density at radius 3 is 3.13 bits per heavy atom. The topological polar surface area (TPSA) is 116 Å². The Labute approximate surface area is 132 Å². The van der Waals surface area contributed by atoms with E-state index in [1.54, 1.807) is 35.1 Å². The van der Waals surface area contributed by atoms with Crippen LogP contribution < -0.4 is 10.5 Å². The van der Waals surface area contributed by atoms with Crippen LogP contribution in [0.5, 0.6) is 5.75 Å². The number of ether oxygens (including phenoxy) is 1. The molecule has 0 saturated heterocycles. The van der Waals surface area contributed by atoms with Crippen molar-refractivity contribution in [1.29, 1.82) is 5.26 Å². The lowest BCUT2D eigenvalue weighted by atomic mass is 10.2. The molecule has 8 nitrogen and oxygen atoms in total. The molecule has 0 aliphatic carbocycles. The average Bonchev–Trinajstić information content (AvgIpc) is 3.22. The Hall–Kier alpha value is -3.18. The molecule has 23 heavy (non-hydrogen) atoms. The van der Waals surface area contributed by atoms with Gasteiger partial charge in [0.25, 0.3) is 0 Å². The molecule has 0 radical (unpaired) electrons. The summed E-state index contributed by atoms with van der Waals surface area (Å²) in [6, 6.07) is 9.01. The van der Waals surface area contributed by atoms with E-state index in [1.807, 2.05) is 0 Å². The molecule has 0 spiro atoms. The lowest BCUT2D eigenvalue weighted by molar-refractivity contribution is 0.301. The molecule has 0 saturated carbocycles. The highest BCUT2D eigenvalue weighted by molar-refractivity contribution is 5.36. The Balaban J connectivity index is 1.62. The quantitative estimate of drug-likeness (QED) is 0.727. The fourth-order valence-electron chi connectivity index (χ4n) is 2.04. The SMILES string of the molecule is N#Cc1cccc(OCc2cn(Cc3ncoc3CN)nn2)c1. The van der Waals surface area contributed by atoms with Crippen molar-refractivity contribution < 1.29 is 9.15 Å². The number of rotatable bonds is 6. The van der Waals surface area contributed by atoms with Crippen molar-refractivity contribution in [3.63, 3.8) is 0 Å². The van der Waals surface area contributed by atoms with E-state index in [2.05, 4.69) is 21.4 Å². The van der Waals surface area contributed by atoms with Crippen molar-refractivity contribution in [2.45, 2.75) is 19.7 Å². The zero-order valence-corrected chi connectivity index (χ0v) is 12.2. The normalized spacial score (nSPS) is 10.4. The summed E-state index contributed by atoms with van der Waals surface area (Å²) in [5, 5.41) is 16.9. The van der Waals surface area contributed by atoms with Crippen LogP contribution in [0.1, 0.15) is 22.7 Å². The molecule has 2 heterocycles. The molecule has 116 valence electrons. The van der Waals surface area contributed by atoms with Gasteiger partial charge < -0.3 is 14.9 Å². The maximum Gasteiger partial charge on any atom is 0.181 e. The summed E-state index contributed by atoms with van der Waals surface area (Å²) >= 11 is 0. The van der Waals surface area contributed by atoms with Crippen LogP contribution in [0.2, 0.25) is 0 Å². The molecule has 0 bridgehead atoms. The Morgan fingerprint density at radius 2 is 2.30 bits per heavy atom. The largest absolute Gasteiger partial charge is 0.487 e. The molecule has 0 aliphatic heterocycles. The lowest BCUT2D eigenvalue weighted by Gasteiger charge is -2.03. The van der Waals surface area contributed by atoms with Crippen LogP contribution in [0.15, 0.2) is 41.3 Å². The highest BCUT2D eigenvalue weighted by Gasteiger charge is 2.09. The molecule has 1 aromatic carbocycles. The number of benzene rings is 1. The fourth-order valence-corrected chi connectivity index (χ4v) is 2.04. The van der Waals surface area contributed by atoms with E-state index in [1.165, 1.54) is 6.39 Å². The molecule has 0 unspecified atom stereocenters. The Kier molecular flexibility index (Phi) is 4.31. The van der Waals surface area contributed by atoms with Crippen LogP contribution in [0.4, 0.5) is 0 Å². The Bertz CT molecular complexity index is 832. The number of hydrogen-bond donors (Lipinski definition) is 1. The van der Waals surface area contributed by atoms with Gasteiger partial charge in [0, 0.05) is 0 Å². The van der Waals surface area contributed by atoms with Crippen molar-refractivity contribution >= 4 is 0 Å². The van der Waals surface area contributed by atoms with E-state index in [0.29, 0.717) is 29.3 Å². The molecule has 0 fully saturated rings. The zero-order chi connectivity index (χ0) is 16.1. The molecule has 3 aromatic rings. The van der Waals surface area contributed by atoms with Gasteiger partial charge in [-0.3, -0.25) is 0 Å². The zero-order valence-electron chi connectivity index (χ0n) is 12.2. The van der Waals surface area contributed by atoms with Crippen LogP contribution in [-0.2, 0) is 19.7 Å². The number of nitrogens with zero attached hydrogens (tertiary/aromatic N) is 5. The number of aromatic nitrogens is 4. The Morgan fingerprint density at radius 1 is 1.39 bits per heavy atom. The van der Waals surface area contributed by atoms with Crippen molar-refractivity contribution in [2.75, 3.05) is 0 Å². The number of nitriles is 1. The van der Waals surface area contributed by atoms with E-state index < -0.39 is 0 Å². The maximum atomic E-state index is 8.86. The van der Waals surface area contributed by atoms with Crippen molar-refractivity contribution in [1.82, 2.24) is 20.0 Å². The second-order valence-corrected chi connectivity index (χ2v) is 4.76. The maximum absolute atomic E-state index is 8.86. The van der Waals surface area contributed by atoms with Gasteiger partial charge in [0.1, 0.15) is 29.5 Å². The van der Waals surface area contributed by atoms with Gasteiger partial charge in [-0.25, -0.2) is 9.67 Å². The van der Waals surface area contributed by atoms with Gasteiger partial charge in [-0.15, -0.1) is 5.10 Å². The van der Waals surface area contributed by atoms with Gasteiger partial charge in [-0.05, 0) is 18.2 Å². The fraction of sp³-hybridized carbons (Fsp3) is 0.200. The summed E-state index contributed by atoms with van der Waals surface area (Å²) in [7, 11) is 0. The predicted molar refractivity (Wildman–Crippen MR) is 79.0 cm³/mol. The lowest BCUT2D eigenvalue weighted by Crippen LogP contribution is -2.06. The third kappa shape index (κ3) is 3.53. The van der Waals surface area contributed by atoms with E-state index in [0.717, 1.165) is 5.69 Å². The third-order valence-corrected chi connectivity index (χ3v) is 3.16. The van der Waals surface area contributed by atoms with E-state index in [-0.39, 0.29) is 13.2 Å². The highest BCUT2D eigenvalue weighted by Crippen LogP contribution is 2.14. The molecule has 8 heteroatoms. The number of nitrogens with two attached hydrogens (primary N) is 1.